The lowest BCUT2D eigenvalue weighted by molar-refractivity contribution is -0.135. The van der Waals surface area contributed by atoms with Crippen LogP contribution in [0.1, 0.15) is 29.8 Å². The van der Waals surface area contributed by atoms with E-state index >= 15 is 0 Å². The van der Waals surface area contributed by atoms with E-state index in [9.17, 15) is 14.4 Å². The van der Waals surface area contributed by atoms with Gasteiger partial charge in [-0.25, -0.2) is 4.98 Å². The molecule has 1 N–H and O–H groups in total. The molecule has 2 aromatic carbocycles. The number of carbonyl (C=O) groups is 3. The van der Waals surface area contributed by atoms with Crippen LogP contribution < -0.4 is 10.3 Å². The van der Waals surface area contributed by atoms with E-state index in [-0.39, 0.29) is 17.7 Å². The maximum atomic E-state index is 13.1. The molecule has 0 bridgehead atoms. The van der Waals surface area contributed by atoms with E-state index in [1.807, 2.05) is 66.4 Å². The van der Waals surface area contributed by atoms with Crippen LogP contribution in [0.3, 0.4) is 0 Å². The number of anilines is 2. The number of pyridine rings is 1. The van der Waals surface area contributed by atoms with Gasteiger partial charge in [-0.05, 0) is 84.5 Å². The first-order chi connectivity index (χ1) is 18.6. The first kappa shape index (κ1) is 27.1. The van der Waals surface area contributed by atoms with Crippen LogP contribution in [-0.2, 0) is 16.1 Å². The molecule has 1 saturated heterocycles. The second-order valence-corrected chi connectivity index (χ2v) is 11.4. The summed E-state index contributed by atoms with van der Waals surface area (Å²) in [6.07, 6.45) is 0. The van der Waals surface area contributed by atoms with Gasteiger partial charge in [0, 0.05) is 78.2 Å². The lowest BCUT2D eigenvalue weighted by atomic mass is 10.1. The Balaban J connectivity index is 1.31. The molecule has 1 aromatic heterocycles. The molecule has 0 spiro atoms. The highest BCUT2D eigenvalue weighted by atomic mass is 127. The van der Waals surface area contributed by atoms with Gasteiger partial charge >= 0.3 is 0 Å². The number of fused-ring (bicyclic) bond motifs is 1. The number of amides is 3. The Bertz CT molecular complexity index is 1470. The third kappa shape index (κ3) is 5.48. The normalized spacial score (nSPS) is 16.4. The number of aromatic nitrogens is 1. The zero-order valence-electron chi connectivity index (χ0n) is 22.5. The van der Waals surface area contributed by atoms with Crippen LogP contribution in [0.5, 0.6) is 0 Å². The molecule has 0 unspecified atom stereocenters. The minimum atomic E-state index is -0.360. The van der Waals surface area contributed by atoms with Crippen molar-refractivity contribution in [2.45, 2.75) is 20.4 Å². The SMILES string of the molecule is CC1=C(C)C(=O)N(Nc2cc(CN3CCN(C(=O)c4ccc(N(C)C)cc4)CC3)c3ccc(I)cc3n2)C1=O. The van der Waals surface area contributed by atoms with E-state index in [1.165, 1.54) is 0 Å². The summed E-state index contributed by atoms with van der Waals surface area (Å²) < 4.78 is 1.04. The van der Waals surface area contributed by atoms with Gasteiger partial charge in [0.25, 0.3) is 17.7 Å². The molecule has 0 atom stereocenters. The van der Waals surface area contributed by atoms with Gasteiger partial charge in [0.05, 0.1) is 5.52 Å². The first-order valence-electron chi connectivity index (χ1n) is 12.8. The summed E-state index contributed by atoms with van der Waals surface area (Å²) in [5.41, 5.74) is 7.40. The quantitative estimate of drug-likeness (QED) is 0.324. The monoisotopic (exact) mass is 638 g/mol. The van der Waals surface area contributed by atoms with Crippen molar-refractivity contribution < 1.29 is 14.4 Å². The van der Waals surface area contributed by atoms with E-state index in [4.69, 9.17) is 4.98 Å². The van der Waals surface area contributed by atoms with E-state index < -0.39 is 0 Å². The molecule has 0 aliphatic carbocycles. The third-order valence-corrected chi connectivity index (χ3v) is 8.05. The number of carbonyl (C=O) groups excluding carboxylic acids is 3. The Morgan fingerprint density at radius 3 is 2.21 bits per heavy atom. The molecule has 1 fully saturated rings. The number of hydrogen-bond acceptors (Lipinski definition) is 7. The Morgan fingerprint density at radius 2 is 1.59 bits per heavy atom. The van der Waals surface area contributed by atoms with Crippen molar-refractivity contribution in [2.75, 3.05) is 50.6 Å². The summed E-state index contributed by atoms with van der Waals surface area (Å²) in [5.74, 6) is -0.227. The fraction of sp³-hybridized carbons (Fsp3) is 0.310. The molecule has 0 radical (unpaired) electrons. The number of halogens is 1. The highest BCUT2D eigenvalue weighted by Crippen LogP contribution is 2.27. The second-order valence-electron chi connectivity index (χ2n) is 10.1. The minimum Gasteiger partial charge on any atom is -0.378 e. The van der Waals surface area contributed by atoms with Gasteiger partial charge in [0.1, 0.15) is 5.82 Å². The summed E-state index contributed by atoms with van der Waals surface area (Å²) in [5, 5.41) is 2.05. The molecule has 2 aliphatic heterocycles. The first-order valence-corrected chi connectivity index (χ1v) is 13.9. The van der Waals surface area contributed by atoms with Crippen molar-refractivity contribution in [3.05, 3.63) is 74.4 Å². The maximum absolute atomic E-state index is 13.1. The number of hydrogen-bond donors (Lipinski definition) is 1. The summed E-state index contributed by atoms with van der Waals surface area (Å²) in [4.78, 5) is 49.2. The van der Waals surface area contributed by atoms with Gasteiger partial charge < -0.3 is 9.80 Å². The Hall–Kier alpha value is -3.51. The molecule has 0 saturated carbocycles. The van der Waals surface area contributed by atoms with Crippen molar-refractivity contribution in [1.29, 1.82) is 0 Å². The van der Waals surface area contributed by atoms with E-state index in [1.54, 1.807) is 13.8 Å². The van der Waals surface area contributed by atoms with Crippen molar-refractivity contribution in [2.24, 2.45) is 0 Å². The van der Waals surface area contributed by atoms with E-state index in [0.29, 0.717) is 42.2 Å². The summed E-state index contributed by atoms with van der Waals surface area (Å²) in [6.45, 7) is 6.73. The van der Waals surface area contributed by atoms with Gasteiger partial charge in [0.2, 0.25) is 0 Å². The topological polar surface area (TPSA) is 89.1 Å². The fourth-order valence-corrected chi connectivity index (χ4v) is 5.34. The lowest BCUT2D eigenvalue weighted by Crippen LogP contribution is -2.48. The standard InChI is InChI=1S/C29H31IN6O3/c1-18-19(2)28(38)36(27(18)37)32-26-15-21(24-10-7-22(30)16-25(24)31-26)17-34-11-13-35(14-12-34)29(39)20-5-8-23(9-6-20)33(3)4/h5-10,15-16H,11-14,17H2,1-4H3,(H,31,32). The van der Waals surface area contributed by atoms with Gasteiger partial charge in [0.15, 0.2) is 0 Å². The number of nitrogens with zero attached hydrogens (tertiary/aromatic N) is 5. The molecule has 3 aromatic rings. The summed E-state index contributed by atoms with van der Waals surface area (Å²) >= 11 is 2.25. The van der Waals surface area contributed by atoms with Crippen LogP contribution in [-0.4, -0.2) is 77.8 Å². The zero-order valence-corrected chi connectivity index (χ0v) is 24.7. The molecule has 39 heavy (non-hydrogen) atoms. The molecule has 3 amide bonds. The molecule has 9 nitrogen and oxygen atoms in total. The fourth-order valence-electron chi connectivity index (χ4n) is 4.86. The highest BCUT2D eigenvalue weighted by molar-refractivity contribution is 14.1. The van der Waals surface area contributed by atoms with Crippen LogP contribution in [0.2, 0.25) is 0 Å². The summed E-state index contributed by atoms with van der Waals surface area (Å²) in [6, 6.07) is 15.7. The largest absolute Gasteiger partial charge is 0.378 e. The Labute approximate surface area is 241 Å². The predicted octanol–water partition coefficient (Wildman–Crippen LogP) is 3.90. The highest BCUT2D eigenvalue weighted by Gasteiger charge is 2.34. The van der Waals surface area contributed by atoms with Crippen molar-refractivity contribution in [1.82, 2.24) is 19.8 Å². The van der Waals surface area contributed by atoms with Gasteiger partial charge in [-0.3, -0.25) is 24.7 Å². The number of piperazine rings is 1. The van der Waals surface area contributed by atoms with Crippen LogP contribution >= 0.6 is 22.6 Å². The Morgan fingerprint density at radius 1 is 0.949 bits per heavy atom. The Kier molecular flexibility index (Phi) is 7.59. The zero-order chi connectivity index (χ0) is 27.8. The number of rotatable bonds is 6. The average Bonchev–Trinajstić information content (AvgIpc) is 3.10. The smallest absolute Gasteiger partial charge is 0.275 e. The number of benzene rings is 2. The molecule has 10 heteroatoms. The van der Waals surface area contributed by atoms with Crippen molar-refractivity contribution >= 4 is 62.7 Å². The molecule has 2 aliphatic rings. The average molecular weight is 639 g/mol. The van der Waals surface area contributed by atoms with E-state index in [0.717, 1.165) is 43.8 Å². The van der Waals surface area contributed by atoms with Crippen molar-refractivity contribution in [3.8, 4) is 0 Å². The van der Waals surface area contributed by atoms with Crippen molar-refractivity contribution in [3.63, 3.8) is 0 Å². The molecular weight excluding hydrogens is 607 g/mol. The third-order valence-electron chi connectivity index (χ3n) is 7.38. The lowest BCUT2D eigenvalue weighted by Gasteiger charge is -2.35. The molecule has 3 heterocycles. The van der Waals surface area contributed by atoms with Gasteiger partial charge in [-0.15, -0.1) is 0 Å². The number of nitrogens with one attached hydrogen (secondary N) is 1. The van der Waals surface area contributed by atoms with Crippen LogP contribution in [0.25, 0.3) is 10.9 Å². The second kappa shape index (κ2) is 10.9. The van der Waals surface area contributed by atoms with Gasteiger partial charge in [-0.1, -0.05) is 6.07 Å². The molecular formula is C29H31IN6O3. The molecule has 5 rings (SSSR count). The number of hydrazine groups is 1. The van der Waals surface area contributed by atoms with Crippen LogP contribution in [0, 0.1) is 3.57 Å². The van der Waals surface area contributed by atoms with Crippen LogP contribution in [0.15, 0.2) is 59.7 Å². The van der Waals surface area contributed by atoms with E-state index in [2.05, 4.69) is 39.0 Å². The molecule has 202 valence electrons. The summed E-state index contributed by atoms with van der Waals surface area (Å²) in [7, 11) is 3.96. The van der Waals surface area contributed by atoms with Crippen LogP contribution in [0.4, 0.5) is 11.5 Å². The maximum Gasteiger partial charge on any atom is 0.275 e. The minimum absolute atomic E-state index is 0.0505. The van der Waals surface area contributed by atoms with Gasteiger partial charge in [-0.2, -0.15) is 5.01 Å². The predicted molar refractivity (Wildman–Crippen MR) is 160 cm³/mol. The number of imide groups is 1.